The lowest BCUT2D eigenvalue weighted by atomic mass is 10.1. The van der Waals surface area contributed by atoms with Gasteiger partial charge in [-0.15, -0.1) is 0 Å². The van der Waals surface area contributed by atoms with Crippen molar-refractivity contribution in [1.82, 2.24) is 0 Å². The van der Waals surface area contributed by atoms with Gasteiger partial charge in [0.25, 0.3) is 0 Å². The number of nitrogens with one attached hydrogen (secondary N) is 1. The van der Waals surface area contributed by atoms with Gasteiger partial charge in [-0.25, -0.2) is 9.18 Å². The van der Waals surface area contributed by atoms with Crippen LogP contribution in [0.25, 0.3) is 6.08 Å². The van der Waals surface area contributed by atoms with Crippen LogP contribution in [-0.2, 0) is 4.79 Å². The number of carbonyl (C=O) groups excluding carboxylic acids is 1. The van der Waals surface area contributed by atoms with Crippen LogP contribution in [0.1, 0.15) is 21.5 Å². The average Bonchev–Trinajstić information content (AvgIpc) is 2.48. The van der Waals surface area contributed by atoms with Gasteiger partial charge in [-0.05, 0) is 48.4 Å². The molecule has 0 radical (unpaired) electrons. The number of benzene rings is 2. The highest BCUT2D eigenvalue weighted by atomic mass is 19.1. The first-order valence-electron chi connectivity index (χ1n) is 6.55. The summed E-state index contributed by atoms with van der Waals surface area (Å²) >= 11 is 0. The summed E-state index contributed by atoms with van der Waals surface area (Å²) < 4.78 is 12.8. The molecule has 2 rings (SSSR count). The van der Waals surface area contributed by atoms with Gasteiger partial charge in [-0.3, -0.25) is 4.79 Å². The quantitative estimate of drug-likeness (QED) is 0.849. The van der Waals surface area contributed by atoms with Gasteiger partial charge in [0, 0.05) is 11.8 Å². The number of hydrogen-bond donors (Lipinski definition) is 2. The van der Waals surface area contributed by atoms with Gasteiger partial charge < -0.3 is 10.4 Å². The Morgan fingerprint density at radius 1 is 1.14 bits per heavy atom. The zero-order chi connectivity index (χ0) is 16.1. The van der Waals surface area contributed by atoms with Gasteiger partial charge in [-0.2, -0.15) is 0 Å². The average molecular weight is 299 g/mol. The summed E-state index contributed by atoms with van der Waals surface area (Å²) in [6, 6.07) is 10.4. The summed E-state index contributed by atoms with van der Waals surface area (Å²) in [6.45, 7) is 1.63. The van der Waals surface area contributed by atoms with Crippen LogP contribution in [0.15, 0.2) is 48.5 Å². The highest BCUT2D eigenvalue weighted by Gasteiger charge is 2.10. The molecule has 2 aromatic carbocycles. The first kappa shape index (κ1) is 15.4. The van der Waals surface area contributed by atoms with Gasteiger partial charge in [0.2, 0.25) is 5.91 Å². The van der Waals surface area contributed by atoms with Crippen LogP contribution < -0.4 is 5.32 Å². The molecule has 0 spiro atoms. The smallest absolute Gasteiger partial charge is 0.336 e. The second-order valence-corrected chi connectivity index (χ2v) is 4.66. The fourth-order valence-corrected chi connectivity index (χ4v) is 1.92. The minimum Gasteiger partial charge on any atom is -0.478 e. The number of rotatable bonds is 4. The van der Waals surface area contributed by atoms with E-state index in [9.17, 15) is 14.0 Å². The van der Waals surface area contributed by atoms with Gasteiger partial charge in [0.05, 0.1) is 5.56 Å². The number of halogens is 1. The van der Waals surface area contributed by atoms with Crippen LogP contribution in [0, 0.1) is 12.7 Å². The van der Waals surface area contributed by atoms with Crippen LogP contribution in [0.3, 0.4) is 0 Å². The molecule has 22 heavy (non-hydrogen) atoms. The maximum absolute atomic E-state index is 12.8. The molecule has 0 aliphatic heterocycles. The predicted molar refractivity (Wildman–Crippen MR) is 82.2 cm³/mol. The van der Waals surface area contributed by atoms with Crippen molar-refractivity contribution >= 4 is 23.6 Å². The third kappa shape index (κ3) is 3.79. The molecule has 0 unspecified atom stereocenters. The van der Waals surface area contributed by atoms with Crippen LogP contribution in [0.5, 0.6) is 0 Å². The third-order valence-electron chi connectivity index (χ3n) is 3.12. The van der Waals surface area contributed by atoms with Crippen molar-refractivity contribution in [2.45, 2.75) is 6.92 Å². The molecule has 0 aromatic heterocycles. The molecular weight excluding hydrogens is 285 g/mol. The summed E-state index contributed by atoms with van der Waals surface area (Å²) in [4.78, 5) is 22.9. The van der Waals surface area contributed by atoms with Gasteiger partial charge in [0.1, 0.15) is 5.82 Å². The molecule has 0 fully saturated rings. The van der Waals surface area contributed by atoms with E-state index in [4.69, 9.17) is 5.11 Å². The molecule has 4 nitrogen and oxygen atoms in total. The van der Waals surface area contributed by atoms with Crippen LogP contribution in [0.4, 0.5) is 10.1 Å². The summed E-state index contributed by atoms with van der Waals surface area (Å²) in [5.41, 5.74) is 1.75. The summed E-state index contributed by atoms with van der Waals surface area (Å²) in [5.74, 6) is -1.78. The van der Waals surface area contributed by atoms with Crippen LogP contribution in [0.2, 0.25) is 0 Å². The van der Waals surface area contributed by atoms with Crippen molar-refractivity contribution in [2.75, 3.05) is 5.32 Å². The molecule has 2 aromatic rings. The molecule has 5 heteroatoms. The Bertz CT molecular complexity index is 736. The zero-order valence-electron chi connectivity index (χ0n) is 11.8. The number of aromatic carboxylic acids is 1. The first-order chi connectivity index (χ1) is 10.5. The van der Waals surface area contributed by atoms with E-state index >= 15 is 0 Å². The number of anilines is 1. The van der Waals surface area contributed by atoms with Crippen molar-refractivity contribution in [1.29, 1.82) is 0 Å². The predicted octanol–water partition coefficient (Wildman–Crippen LogP) is 3.48. The minimum absolute atomic E-state index is 0.139. The second kappa shape index (κ2) is 6.67. The molecule has 2 N–H and O–H groups in total. The van der Waals surface area contributed by atoms with E-state index in [1.54, 1.807) is 37.3 Å². The lowest BCUT2D eigenvalue weighted by molar-refractivity contribution is -0.111. The Kier molecular flexibility index (Phi) is 4.68. The van der Waals surface area contributed by atoms with Crippen molar-refractivity contribution < 1.29 is 19.1 Å². The lowest BCUT2D eigenvalue weighted by Crippen LogP contribution is -2.11. The highest BCUT2D eigenvalue weighted by Crippen LogP contribution is 2.19. The number of carboxylic acid groups (broad SMARTS) is 1. The minimum atomic E-state index is -1.05. The molecule has 1 amide bonds. The largest absolute Gasteiger partial charge is 0.478 e. The van der Waals surface area contributed by atoms with Gasteiger partial charge in [-0.1, -0.05) is 18.2 Å². The molecule has 0 bridgehead atoms. The molecule has 0 aliphatic rings. The number of amides is 1. The fraction of sp³-hybridized carbons (Fsp3) is 0.0588. The van der Waals surface area contributed by atoms with E-state index in [1.807, 2.05) is 0 Å². The van der Waals surface area contributed by atoms with Crippen LogP contribution >= 0.6 is 0 Å². The summed E-state index contributed by atoms with van der Waals surface area (Å²) in [7, 11) is 0. The number of carboxylic acids is 1. The SMILES string of the molecule is Cc1c(NC(=O)/C=C/c2ccc(F)cc2)cccc1C(=O)O. The first-order valence-corrected chi connectivity index (χ1v) is 6.55. The van der Waals surface area contributed by atoms with Crippen molar-refractivity contribution in [3.05, 3.63) is 71.0 Å². The summed E-state index contributed by atoms with van der Waals surface area (Å²) in [5, 5.41) is 11.7. The van der Waals surface area contributed by atoms with E-state index in [1.165, 1.54) is 24.3 Å². The van der Waals surface area contributed by atoms with E-state index in [2.05, 4.69) is 5.32 Å². The van der Waals surface area contributed by atoms with E-state index in [0.717, 1.165) is 0 Å². The third-order valence-corrected chi connectivity index (χ3v) is 3.12. The highest BCUT2D eigenvalue weighted by molar-refractivity contribution is 6.03. The maximum Gasteiger partial charge on any atom is 0.336 e. The monoisotopic (exact) mass is 299 g/mol. The second-order valence-electron chi connectivity index (χ2n) is 4.66. The fourth-order valence-electron chi connectivity index (χ4n) is 1.92. The molecule has 0 aliphatic carbocycles. The van der Waals surface area contributed by atoms with E-state index in [-0.39, 0.29) is 11.4 Å². The Labute approximate surface area is 126 Å². The molecule has 0 heterocycles. The standard InChI is InChI=1S/C17H14FNO3/c1-11-14(17(21)22)3-2-4-15(11)19-16(20)10-7-12-5-8-13(18)9-6-12/h2-10H,1H3,(H,19,20)(H,21,22)/b10-7+. The maximum atomic E-state index is 12.8. The van der Waals surface area contributed by atoms with Crippen molar-refractivity contribution in [3.8, 4) is 0 Å². The van der Waals surface area contributed by atoms with E-state index < -0.39 is 11.9 Å². The molecule has 0 saturated carbocycles. The van der Waals surface area contributed by atoms with Gasteiger partial charge >= 0.3 is 5.97 Å². The van der Waals surface area contributed by atoms with Crippen LogP contribution in [-0.4, -0.2) is 17.0 Å². The zero-order valence-corrected chi connectivity index (χ0v) is 11.8. The Morgan fingerprint density at radius 2 is 1.82 bits per heavy atom. The lowest BCUT2D eigenvalue weighted by Gasteiger charge is -2.08. The van der Waals surface area contributed by atoms with Gasteiger partial charge in [0.15, 0.2) is 0 Å². The Balaban J connectivity index is 2.11. The summed E-state index contributed by atoms with van der Waals surface area (Å²) in [6.07, 6.45) is 2.85. The molecule has 0 atom stereocenters. The molecule has 112 valence electrons. The number of hydrogen-bond acceptors (Lipinski definition) is 2. The number of carbonyl (C=O) groups is 2. The normalized spacial score (nSPS) is 10.6. The Hall–Kier alpha value is -2.95. The Morgan fingerprint density at radius 3 is 2.45 bits per heavy atom. The molecule has 0 saturated heterocycles. The molecular formula is C17H14FNO3. The van der Waals surface area contributed by atoms with Crippen molar-refractivity contribution in [2.24, 2.45) is 0 Å². The van der Waals surface area contributed by atoms with Crippen molar-refractivity contribution in [3.63, 3.8) is 0 Å². The van der Waals surface area contributed by atoms with E-state index in [0.29, 0.717) is 16.8 Å². The topological polar surface area (TPSA) is 66.4 Å².